The number of sulfonamides is 1. The molecule has 0 saturated carbocycles. The van der Waals surface area contributed by atoms with Gasteiger partial charge in [0.25, 0.3) is 0 Å². The van der Waals surface area contributed by atoms with Gasteiger partial charge in [0.1, 0.15) is 0 Å². The zero-order valence-corrected chi connectivity index (χ0v) is 14.7. The van der Waals surface area contributed by atoms with E-state index in [0.29, 0.717) is 22.5 Å². The van der Waals surface area contributed by atoms with Crippen molar-refractivity contribution in [3.8, 4) is 0 Å². The number of hydrogen-bond acceptors (Lipinski definition) is 3. The van der Waals surface area contributed by atoms with Gasteiger partial charge in [0.15, 0.2) is 0 Å². The molecule has 0 heterocycles. The van der Waals surface area contributed by atoms with E-state index < -0.39 is 10.0 Å². The highest BCUT2D eigenvalue weighted by atomic mass is 79.9. The second-order valence-corrected chi connectivity index (χ2v) is 8.48. The molecule has 6 heteroatoms. The Bertz CT molecular complexity index is 568. The summed E-state index contributed by atoms with van der Waals surface area (Å²) in [6.07, 6.45) is 0. The fraction of sp³-hybridized carbons (Fsp3) is 0.571. The van der Waals surface area contributed by atoms with Crippen LogP contribution in [-0.4, -0.2) is 20.1 Å². The summed E-state index contributed by atoms with van der Waals surface area (Å²) in [5.74, 6) is 0.359. The van der Waals surface area contributed by atoms with Gasteiger partial charge in [-0.25, -0.2) is 13.1 Å². The van der Waals surface area contributed by atoms with Crippen molar-refractivity contribution in [1.29, 1.82) is 0 Å². The molecular weight excluding hydrogens is 342 g/mol. The van der Waals surface area contributed by atoms with E-state index in [2.05, 4.69) is 34.5 Å². The average Bonchev–Trinajstić information content (AvgIpc) is 2.37. The highest BCUT2D eigenvalue weighted by molar-refractivity contribution is 9.10. The number of rotatable bonds is 6. The van der Waals surface area contributed by atoms with E-state index in [9.17, 15) is 8.42 Å². The van der Waals surface area contributed by atoms with Gasteiger partial charge in [-0.3, -0.25) is 0 Å². The molecule has 1 rings (SSSR count). The van der Waals surface area contributed by atoms with Crippen LogP contribution in [0.5, 0.6) is 0 Å². The number of aliphatic hydroxyl groups excluding tert-OH is 1. The summed E-state index contributed by atoms with van der Waals surface area (Å²) < 4.78 is 27.9. The van der Waals surface area contributed by atoms with E-state index >= 15 is 0 Å². The predicted molar refractivity (Wildman–Crippen MR) is 83.9 cm³/mol. The first-order chi connectivity index (χ1) is 9.10. The van der Waals surface area contributed by atoms with E-state index in [-0.39, 0.29) is 16.9 Å². The summed E-state index contributed by atoms with van der Waals surface area (Å²) in [4.78, 5) is 0.156. The lowest BCUT2D eigenvalue weighted by atomic mass is 9.81. The monoisotopic (exact) mass is 363 g/mol. The van der Waals surface area contributed by atoms with E-state index in [1.807, 2.05) is 13.8 Å². The Hall–Kier alpha value is -0.430. The van der Waals surface area contributed by atoms with E-state index in [1.165, 1.54) is 6.07 Å². The van der Waals surface area contributed by atoms with Crippen molar-refractivity contribution in [2.45, 2.75) is 39.2 Å². The zero-order valence-electron chi connectivity index (χ0n) is 12.3. The molecule has 0 radical (unpaired) electrons. The van der Waals surface area contributed by atoms with Crippen LogP contribution in [-0.2, 0) is 16.6 Å². The smallest absolute Gasteiger partial charge is 0.241 e. The van der Waals surface area contributed by atoms with Crippen LogP contribution >= 0.6 is 15.9 Å². The third kappa shape index (κ3) is 4.28. The molecule has 0 aromatic heterocycles. The van der Waals surface area contributed by atoms with Crippen LogP contribution in [0.1, 0.15) is 33.3 Å². The highest BCUT2D eigenvalue weighted by Gasteiger charge is 2.26. The molecule has 0 spiro atoms. The number of nitrogens with one attached hydrogen (secondary N) is 1. The Balaban J connectivity index is 3.00. The Morgan fingerprint density at radius 2 is 1.95 bits per heavy atom. The van der Waals surface area contributed by atoms with Gasteiger partial charge in [-0.05, 0) is 45.0 Å². The molecule has 0 atom stereocenters. The van der Waals surface area contributed by atoms with E-state index in [0.717, 1.165) is 0 Å². The van der Waals surface area contributed by atoms with Crippen LogP contribution in [0.15, 0.2) is 27.6 Å². The van der Waals surface area contributed by atoms with Crippen molar-refractivity contribution in [2.24, 2.45) is 11.3 Å². The average molecular weight is 364 g/mol. The molecule has 20 heavy (non-hydrogen) atoms. The van der Waals surface area contributed by atoms with E-state index in [1.54, 1.807) is 12.1 Å². The van der Waals surface area contributed by atoms with Gasteiger partial charge in [0, 0.05) is 11.0 Å². The maximum absolute atomic E-state index is 12.4. The van der Waals surface area contributed by atoms with Crippen molar-refractivity contribution < 1.29 is 13.5 Å². The molecule has 0 aliphatic rings. The SMILES string of the molecule is CC(C)C(C)(C)CNS(=O)(=O)c1cc(CO)ccc1Br. The second-order valence-electron chi connectivity index (χ2n) is 5.89. The third-order valence-electron chi connectivity index (χ3n) is 3.75. The van der Waals surface area contributed by atoms with Crippen molar-refractivity contribution in [3.05, 3.63) is 28.2 Å². The molecule has 0 amide bonds. The minimum atomic E-state index is -3.60. The van der Waals surface area contributed by atoms with E-state index in [4.69, 9.17) is 5.11 Å². The summed E-state index contributed by atoms with van der Waals surface area (Å²) in [5, 5.41) is 9.12. The zero-order chi connectivity index (χ0) is 15.6. The number of benzene rings is 1. The van der Waals surface area contributed by atoms with Gasteiger partial charge < -0.3 is 5.11 Å². The predicted octanol–water partition coefficient (Wildman–Crippen LogP) is 2.90. The lowest BCUT2D eigenvalue weighted by molar-refractivity contribution is 0.252. The first-order valence-electron chi connectivity index (χ1n) is 6.49. The fourth-order valence-electron chi connectivity index (χ4n) is 1.41. The quantitative estimate of drug-likeness (QED) is 0.816. The van der Waals surface area contributed by atoms with Crippen LogP contribution in [0.2, 0.25) is 0 Å². The van der Waals surface area contributed by atoms with Crippen LogP contribution in [0.25, 0.3) is 0 Å². The molecule has 0 aliphatic carbocycles. The van der Waals surface area contributed by atoms with Crippen molar-refractivity contribution >= 4 is 26.0 Å². The molecule has 0 aliphatic heterocycles. The largest absolute Gasteiger partial charge is 0.392 e. The first-order valence-corrected chi connectivity index (χ1v) is 8.77. The topological polar surface area (TPSA) is 66.4 Å². The summed E-state index contributed by atoms with van der Waals surface area (Å²) in [6.45, 7) is 8.36. The molecule has 114 valence electrons. The summed E-state index contributed by atoms with van der Waals surface area (Å²) >= 11 is 3.24. The van der Waals surface area contributed by atoms with Crippen molar-refractivity contribution in [1.82, 2.24) is 4.72 Å². The maximum Gasteiger partial charge on any atom is 0.241 e. The number of hydrogen-bond donors (Lipinski definition) is 2. The number of halogens is 1. The Morgan fingerprint density at radius 1 is 1.35 bits per heavy atom. The van der Waals surface area contributed by atoms with Crippen molar-refractivity contribution in [3.63, 3.8) is 0 Å². The molecule has 0 saturated heterocycles. The summed E-state index contributed by atoms with van der Waals surface area (Å²) in [5.41, 5.74) is 0.436. The van der Waals surface area contributed by atoms with Gasteiger partial charge in [-0.2, -0.15) is 0 Å². The normalized spacial score (nSPS) is 12.9. The molecule has 2 N–H and O–H groups in total. The summed E-state index contributed by atoms with van der Waals surface area (Å²) in [7, 11) is -3.60. The summed E-state index contributed by atoms with van der Waals surface area (Å²) in [6, 6.07) is 4.80. The molecule has 1 aromatic carbocycles. The lowest BCUT2D eigenvalue weighted by Gasteiger charge is -2.29. The van der Waals surface area contributed by atoms with Gasteiger partial charge in [-0.1, -0.05) is 33.8 Å². The molecular formula is C14H22BrNO3S. The van der Waals surface area contributed by atoms with Gasteiger partial charge in [0.2, 0.25) is 10.0 Å². The Morgan fingerprint density at radius 3 is 2.45 bits per heavy atom. The van der Waals surface area contributed by atoms with Gasteiger partial charge >= 0.3 is 0 Å². The first kappa shape index (κ1) is 17.6. The maximum atomic E-state index is 12.4. The Labute approximate surface area is 129 Å². The molecule has 4 nitrogen and oxygen atoms in total. The second kappa shape index (κ2) is 6.56. The van der Waals surface area contributed by atoms with Crippen LogP contribution < -0.4 is 4.72 Å². The van der Waals surface area contributed by atoms with Crippen molar-refractivity contribution in [2.75, 3.05) is 6.54 Å². The van der Waals surface area contributed by atoms with Crippen LogP contribution in [0.3, 0.4) is 0 Å². The number of aliphatic hydroxyl groups is 1. The molecule has 0 bridgehead atoms. The molecule has 1 aromatic rings. The standard InChI is InChI=1S/C14H22BrNO3S/c1-10(2)14(3,4)9-16-20(18,19)13-7-11(8-17)5-6-12(13)15/h5-7,10,16-17H,8-9H2,1-4H3. The minimum Gasteiger partial charge on any atom is -0.392 e. The Kier molecular flexibility index (Phi) is 5.78. The lowest BCUT2D eigenvalue weighted by Crippen LogP contribution is -2.37. The van der Waals surface area contributed by atoms with Gasteiger partial charge in [0.05, 0.1) is 11.5 Å². The third-order valence-corrected chi connectivity index (χ3v) is 6.14. The molecule has 0 unspecified atom stereocenters. The van der Waals surface area contributed by atoms with Crippen LogP contribution in [0.4, 0.5) is 0 Å². The molecule has 0 fully saturated rings. The highest BCUT2D eigenvalue weighted by Crippen LogP contribution is 2.27. The minimum absolute atomic E-state index is 0.131. The van der Waals surface area contributed by atoms with Gasteiger partial charge in [-0.15, -0.1) is 0 Å². The fourth-order valence-corrected chi connectivity index (χ4v) is 3.65. The van der Waals surface area contributed by atoms with Crippen LogP contribution in [0, 0.1) is 11.3 Å².